The molecule has 1 fully saturated rings. The molecule has 4 heteroatoms. The van der Waals surface area contributed by atoms with Crippen molar-refractivity contribution in [3.63, 3.8) is 0 Å². The standard InChI is InChI=1S/C8H9NO3/c10-3-7-8(12-5-9-7)6-1-2-11-4-6/h3,5-6H,1-2,4H2. The van der Waals surface area contributed by atoms with E-state index < -0.39 is 0 Å². The fraction of sp³-hybridized carbons (Fsp3) is 0.500. The highest BCUT2D eigenvalue weighted by Gasteiger charge is 2.24. The second-order valence-corrected chi connectivity index (χ2v) is 2.78. The van der Waals surface area contributed by atoms with Gasteiger partial charge in [0.25, 0.3) is 0 Å². The van der Waals surface area contributed by atoms with Crippen molar-refractivity contribution in [3.8, 4) is 0 Å². The smallest absolute Gasteiger partial charge is 0.181 e. The van der Waals surface area contributed by atoms with Gasteiger partial charge >= 0.3 is 0 Å². The van der Waals surface area contributed by atoms with Crippen LogP contribution in [0.15, 0.2) is 10.8 Å². The summed E-state index contributed by atoms with van der Waals surface area (Å²) in [6.45, 7) is 1.37. The van der Waals surface area contributed by atoms with E-state index in [4.69, 9.17) is 9.15 Å². The minimum Gasteiger partial charge on any atom is -0.447 e. The quantitative estimate of drug-likeness (QED) is 0.616. The first-order chi connectivity index (χ1) is 5.92. The van der Waals surface area contributed by atoms with Gasteiger partial charge in [0.15, 0.2) is 12.7 Å². The lowest BCUT2D eigenvalue weighted by molar-refractivity contribution is 0.111. The van der Waals surface area contributed by atoms with E-state index >= 15 is 0 Å². The van der Waals surface area contributed by atoms with Crippen LogP contribution in [0.4, 0.5) is 0 Å². The van der Waals surface area contributed by atoms with Crippen molar-refractivity contribution in [2.45, 2.75) is 12.3 Å². The zero-order chi connectivity index (χ0) is 8.39. The summed E-state index contributed by atoms with van der Waals surface area (Å²) < 4.78 is 10.3. The van der Waals surface area contributed by atoms with Gasteiger partial charge in [0.1, 0.15) is 11.5 Å². The summed E-state index contributed by atoms with van der Waals surface area (Å²) >= 11 is 0. The van der Waals surface area contributed by atoms with Gasteiger partial charge in [-0.3, -0.25) is 4.79 Å². The van der Waals surface area contributed by atoms with Crippen LogP contribution in [-0.4, -0.2) is 24.5 Å². The van der Waals surface area contributed by atoms with E-state index in [1.165, 1.54) is 6.39 Å². The lowest BCUT2D eigenvalue weighted by atomic mass is 10.1. The minimum atomic E-state index is 0.215. The predicted octanol–water partition coefficient (Wildman–Crippen LogP) is 0.991. The molecule has 0 bridgehead atoms. The van der Waals surface area contributed by atoms with Crippen molar-refractivity contribution in [1.29, 1.82) is 0 Å². The van der Waals surface area contributed by atoms with Crippen molar-refractivity contribution in [3.05, 3.63) is 17.8 Å². The number of hydrogen-bond donors (Lipinski definition) is 0. The van der Waals surface area contributed by atoms with Crippen LogP contribution in [0, 0.1) is 0 Å². The third-order valence-electron chi connectivity index (χ3n) is 2.04. The van der Waals surface area contributed by atoms with E-state index in [9.17, 15) is 4.79 Å². The van der Waals surface area contributed by atoms with Gasteiger partial charge < -0.3 is 9.15 Å². The maximum atomic E-state index is 10.5. The number of oxazole rings is 1. The van der Waals surface area contributed by atoms with Crippen molar-refractivity contribution < 1.29 is 13.9 Å². The number of rotatable bonds is 2. The van der Waals surface area contributed by atoms with E-state index in [0.717, 1.165) is 19.3 Å². The Morgan fingerprint density at radius 3 is 3.25 bits per heavy atom. The minimum absolute atomic E-state index is 0.215. The molecule has 0 radical (unpaired) electrons. The zero-order valence-corrected chi connectivity index (χ0v) is 6.53. The van der Waals surface area contributed by atoms with E-state index in [1.807, 2.05) is 0 Å². The number of carbonyl (C=O) groups excluding carboxylic acids is 1. The van der Waals surface area contributed by atoms with Crippen LogP contribution >= 0.6 is 0 Å². The Labute approximate surface area is 69.5 Å². The Morgan fingerprint density at radius 2 is 2.58 bits per heavy atom. The molecule has 12 heavy (non-hydrogen) atoms. The number of ether oxygens (including phenoxy) is 1. The van der Waals surface area contributed by atoms with Gasteiger partial charge in [-0.15, -0.1) is 0 Å². The van der Waals surface area contributed by atoms with Gasteiger partial charge in [0, 0.05) is 12.5 Å². The normalized spacial score (nSPS) is 22.8. The van der Waals surface area contributed by atoms with E-state index in [1.54, 1.807) is 0 Å². The van der Waals surface area contributed by atoms with Gasteiger partial charge in [-0.25, -0.2) is 4.98 Å². The Hall–Kier alpha value is -1.16. The molecule has 0 N–H and O–H groups in total. The Morgan fingerprint density at radius 1 is 1.67 bits per heavy atom. The van der Waals surface area contributed by atoms with Crippen LogP contribution < -0.4 is 0 Å². The lowest BCUT2D eigenvalue weighted by Crippen LogP contribution is -1.99. The van der Waals surface area contributed by atoms with Gasteiger partial charge in [-0.1, -0.05) is 0 Å². The molecule has 0 saturated carbocycles. The highest BCUT2D eigenvalue weighted by molar-refractivity contribution is 5.73. The third-order valence-corrected chi connectivity index (χ3v) is 2.04. The largest absolute Gasteiger partial charge is 0.447 e. The van der Waals surface area contributed by atoms with Gasteiger partial charge in [0.2, 0.25) is 0 Å². The molecule has 1 aromatic rings. The number of carbonyl (C=O) groups is 1. The average Bonchev–Trinajstić information content (AvgIpc) is 2.74. The molecule has 0 aromatic carbocycles. The molecule has 1 atom stereocenters. The van der Waals surface area contributed by atoms with E-state index in [-0.39, 0.29) is 5.92 Å². The topological polar surface area (TPSA) is 52.3 Å². The summed E-state index contributed by atoms with van der Waals surface area (Å²) in [6.07, 6.45) is 2.94. The summed E-state index contributed by atoms with van der Waals surface area (Å²) in [5.74, 6) is 0.884. The van der Waals surface area contributed by atoms with Crippen molar-refractivity contribution in [2.24, 2.45) is 0 Å². The van der Waals surface area contributed by atoms with Crippen LogP contribution in [0.2, 0.25) is 0 Å². The molecular weight excluding hydrogens is 158 g/mol. The first kappa shape index (κ1) is 7.49. The third kappa shape index (κ3) is 1.14. The molecule has 1 aromatic heterocycles. The summed E-state index contributed by atoms with van der Waals surface area (Å²) in [6, 6.07) is 0. The highest BCUT2D eigenvalue weighted by atomic mass is 16.5. The first-order valence-electron chi connectivity index (χ1n) is 3.88. The molecule has 0 spiro atoms. The number of hydrogen-bond acceptors (Lipinski definition) is 4. The Balaban J connectivity index is 2.25. The Kier molecular flexibility index (Phi) is 1.91. The molecule has 1 aliphatic rings. The van der Waals surface area contributed by atoms with Crippen LogP contribution in [-0.2, 0) is 4.74 Å². The van der Waals surface area contributed by atoms with Gasteiger partial charge in [-0.05, 0) is 6.42 Å². The van der Waals surface area contributed by atoms with E-state index in [0.29, 0.717) is 18.1 Å². The fourth-order valence-electron chi connectivity index (χ4n) is 1.40. The summed E-state index contributed by atoms with van der Waals surface area (Å²) in [5.41, 5.74) is 0.408. The van der Waals surface area contributed by atoms with Crippen molar-refractivity contribution >= 4 is 6.29 Å². The molecule has 1 aliphatic heterocycles. The summed E-state index contributed by atoms with van der Waals surface area (Å²) in [5, 5.41) is 0. The monoisotopic (exact) mass is 167 g/mol. The molecule has 1 unspecified atom stereocenters. The number of nitrogens with zero attached hydrogens (tertiary/aromatic N) is 1. The number of aromatic nitrogens is 1. The van der Waals surface area contributed by atoms with Crippen LogP contribution in [0.1, 0.15) is 28.6 Å². The second-order valence-electron chi connectivity index (χ2n) is 2.78. The summed E-state index contributed by atoms with van der Waals surface area (Å²) in [7, 11) is 0. The van der Waals surface area contributed by atoms with Crippen molar-refractivity contribution in [1.82, 2.24) is 4.98 Å². The lowest BCUT2D eigenvalue weighted by Gasteiger charge is -2.01. The predicted molar refractivity (Wildman–Crippen MR) is 40.1 cm³/mol. The van der Waals surface area contributed by atoms with Crippen molar-refractivity contribution in [2.75, 3.05) is 13.2 Å². The molecular formula is C8H9NO3. The molecule has 1 saturated heterocycles. The van der Waals surface area contributed by atoms with Crippen LogP contribution in [0.25, 0.3) is 0 Å². The second kappa shape index (κ2) is 3.06. The molecule has 0 aliphatic carbocycles. The maximum absolute atomic E-state index is 10.5. The molecule has 2 rings (SSSR count). The fourth-order valence-corrected chi connectivity index (χ4v) is 1.40. The molecule has 64 valence electrons. The highest BCUT2D eigenvalue weighted by Crippen LogP contribution is 2.26. The molecule has 4 nitrogen and oxygen atoms in total. The van der Waals surface area contributed by atoms with E-state index in [2.05, 4.69) is 4.98 Å². The van der Waals surface area contributed by atoms with Gasteiger partial charge in [-0.2, -0.15) is 0 Å². The zero-order valence-electron chi connectivity index (χ0n) is 6.53. The SMILES string of the molecule is O=Cc1ncoc1C1CCOC1. The van der Waals surface area contributed by atoms with Crippen LogP contribution in [0.5, 0.6) is 0 Å². The average molecular weight is 167 g/mol. The molecule has 2 heterocycles. The maximum Gasteiger partial charge on any atom is 0.181 e. The number of aldehydes is 1. The van der Waals surface area contributed by atoms with Crippen LogP contribution in [0.3, 0.4) is 0 Å². The summed E-state index contributed by atoms with van der Waals surface area (Å²) in [4.78, 5) is 14.3. The first-order valence-corrected chi connectivity index (χ1v) is 3.88. The molecule has 0 amide bonds. The van der Waals surface area contributed by atoms with Gasteiger partial charge in [0.05, 0.1) is 6.61 Å². The Bertz CT molecular complexity index is 276.